The molecule has 1 aliphatic carbocycles. The Balaban J connectivity index is 1.79. The molecule has 0 unspecified atom stereocenters. The van der Waals surface area contributed by atoms with Crippen molar-refractivity contribution in [2.24, 2.45) is 12.5 Å². The minimum Gasteiger partial charge on any atom is -0.370 e. The highest BCUT2D eigenvalue weighted by Gasteiger charge is 2.27. The van der Waals surface area contributed by atoms with Crippen LogP contribution in [0.4, 0.5) is 0 Å². The summed E-state index contributed by atoms with van der Waals surface area (Å²) in [5, 5.41) is 0. The van der Waals surface area contributed by atoms with Gasteiger partial charge in [-0.15, -0.1) is 0 Å². The van der Waals surface area contributed by atoms with Crippen LogP contribution in [0.25, 0.3) is 0 Å². The fourth-order valence-electron chi connectivity index (χ4n) is 2.56. The molecule has 1 aromatic rings. The predicted octanol–water partition coefficient (Wildman–Crippen LogP) is 3.19. The molecule has 1 fully saturated rings. The molecule has 0 aromatic carbocycles. The van der Waals surface area contributed by atoms with E-state index in [1.807, 2.05) is 29.9 Å². The molecule has 0 spiro atoms. The van der Waals surface area contributed by atoms with E-state index in [1.54, 1.807) is 0 Å². The molecule has 0 atom stereocenters. The van der Waals surface area contributed by atoms with Gasteiger partial charge in [-0.25, -0.2) is 0 Å². The Labute approximate surface area is 109 Å². The maximum atomic E-state index is 12.0. The van der Waals surface area contributed by atoms with Crippen molar-refractivity contribution in [3.05, 3.63) is 24.0 Å². The highest BCUT2D eigenvalue weighted by molar-refractivity contribution is 5.95. The van der Waals surface area contributed by atoms with Crippen LogP contribution in [0.1, 0.15) is 50.0 Å². The number of Topliss-reactive ketones (excluding diaryl/α,β-unsaturated/α-hetero) is 1. The van der Waals surface area contributed by atoms with Gasteiger partial charge in [-0.1, -0.05) is 13.8 Å². The number of carbonyl (C=O) groups excluding carboxylic acids is 1. The Morgan fingerprint density at radius 2 is 2.11 bits per heavy atom. The molecule has 3 heteroatoms. The van der Waals surface area contributed by atoms with Gasteiger partial charge in [0, 0.05) is 13.2 Å². The predicted molar refractivity (Wildman–Crippen MR) is 71.7 cm³/mol. The van der Waals surface area contributed by atoms with E-state index < -0.39 is 0 Å². The minimum atomic E-state index is 0.0762. The quantitative estimate of drug-likeness (QED) is 0.767. The van der Waals surface area contributed by atoms with Crippen molar-refractivity contribution in [3.63, 3.8) is 0 Å². The molecule has 0 N–H and O–H groups in total. The standard InChI is InChI=1S/C15H23NO2/c1-15(2)8-6-12(7-9-15)18-11-14(17)13-5-4-10-16(13)3/h4-5,10,12H,6-9,11H2,1-3H3. The van der Waals surface area contributed by atoms with Gasteiger partial charge < -0.3 is 9.30 Å². The van der Waals surface area contributed by atoms with Gasteiger partial charge in [0.1, 0.15) is 6.61 Å². The summed E-state index contributed by atoms with van der Waals surface area (Å²) in [7, 11) is 1.89. The highest BCUT2D eigenvalue weighted by atomic mass is 16.5. The van der Waals surface area contributed by atoms with E-state index in [-0.39, 0.29) is 18.5 Å². The fourth-order valence-corrected chi connectivity index (χ4v) is 2.56. The van der Waals surface area contributed by atoms with Crippen LogP contribution >= 0.6 is 0 Å². The average Bonchev–Trinajstić information content (AvgIpc) is 2.74. The molecular weight excluding hydrogens is 226 g/mol. The molecule has 1 heterocycles. The van der Waals surface area contributed by atoms with Crippen LogP contribution in [0.15, 0.2) is 18.3 Å². The summed E-state index contributed by atoms with van der Waals surface area (Å²) in [5.74, 6) is 0.0762. The first-order valence-corrected chi connectivity index (χ1v) is 6.74. The fraction of sp³-hybridized carbons (Fsp3) is 0.667. The molecule has 100 valence electrons. The third-order valence-corrected chi connectivity index (χ3v) is 3.97. The molecule has 3 nitrogen and oxygen atoms in total. The number of nitrogens with zero attached hydrogens (tertiary/aromatic N) is 1. The van der Waals surface area contributed by atoms with E-state index in [0.29, 0.717) is 5.41 Å². The zero-order valence-electron chi connectivity index (χ0n) is 11.6. The summed E-state index contributed by atoms with van der Waals surface area (Å²) in [6, 6.07) is 3.73. The van der Waals surface area contributed by atoms with Gasteiger partial charge in [0.15, 0.2) is 0 Å². The van der Waals surface area contributed by atoms with E-state index in [1.165, 1.54) is 12.8 Å². The van der Waals surface area contributed by atoms with Gasteiger partial charge in [-0.3, -0.25) is 4.79 Å². The lowest BCUT2D eigenvalue weighted by Crippen LogP contribution is -2.28. The van der Waals surface area contributed by atoms with Gasteiger partial charge >= 0.3 is 0 Å². The maximum Gasteiger partial charge on any atom is 0.204 e. The first kappa shape index (κ1) is 13.3. The summed E-state index contributed by atoms with van der Waals surface area (Å²) in [5.41, 5.74) is 1.17. The van der Waals surface area contributed by atoms with E-state index in [0.717, 1.165) is 18.5 Å². The third-order valence-electron chi connectivity index (χ3n) is 3.97. The highest BCUT2D eigenvalue weighted by Crippen LogP contribution is 2.36. The molecule has 1 aliphatic rings. The third kappa shape index (κ3) is 3.22. The van der Waals surface area contributed by atoms with Crippen molar-refractivity contribution in [1.82, 2.24) is 4.57 Å². The number of ketones is 1. The van der Waals surface area contributed by atoms with E-state index in [4.69, 9.17) is 4.74 Å². The number of aromatic nitrogens is 1. The monoisotopic (exact) mass is 249 g/mol. The SMILES string of the molecule is Cn1cccc1C(=O)COC1CCC(C)(C)CC1. The number of hydrogen-bond acceptors (Lipinski definition) is 2. The van der Waals surface area contributed by atoms with Crippen LogP contribution in [-0.4, -0.2) is 23.1 Å². The largest absolute Gasteiger partial charge is 0.370 e. The van der Waals surface area contributed by atoms with Crippen molar-refractivity contribution < 1.29 is 9.53 Å². The molecule has 1 saturated carbocycles. The molecule has 0 amide bonds. The zero-order chi connectivity index (χ0) is 13.2. The molecule has 18 heavy (non-hydrogen) atoms. The summed E-state index contributed by atoms with van der Waals surface area (Å²) < 4.78 is 7.60. The number of hydrogen-bond donors (Lipinski definition) is 0. The summed E-state index contributed by atoms with van der Waals surface area (Å²) in [6.45, 7) is 4.82. The van der Waals surface area contributed by atoms with Gasteiger partial charge in [-0.2, -0.15) is 0 Å². The number of carbonyl (C=O) groups is 1. The topological polar surface area (TPSA) is 31.2 Å². The smallest absolute Gasteiger partial charge is 0.204 e. The molecule has 0 saturated heterocycles. The molecule has 2 rings (SSSR count). The van der Waals surface area contributed by atoms with Crippen molar-refractivity contribution in [3.8, 4) is 0 Å². The normalized spacial score (nSPS) is 19.9. The van der Waals surface area contributed by atoms with Crippen LogP contribution in [0, 0.1) is 5.41 Å². The second-order valence-corrected chi connectivity index (χ2v) is 6.10. The van der Waals surface area contributed by atoms with Gasteiger partial charge in [0.25, 0.3) is 0 Å². The van der Waals surface area contributed by atoms with E-state index in [9.17, 15) is 4.79 Å². The first-order valence-electron chi connectivity index (χ1n) is 6.74. The minimum absolute atomic E-state index is 0.0762. The van der Waals surface area contributed by atoms with Crippen LogP contribution in [0.2, 0.25) is 0 Å². The lowest BCUT2D eigenvalue weighted by atomic mass is 9.76. The molecular formula is C15H23NO2. The molecule has 1 aromatic heterocycles. The van der Waals surface area contributed by atoms with Gasteiger partial charge in [0.05, 0.1) is 11.8 Å². The van der Waals surface area contributed by atoms with Crippen LogP contribution < -0.4 is 0 Å². The number of aryl methyl sites for hydroxylation is 1. The number of rotatable bonds is 4. The van der Waals surface area contributed by atoms with Gasteiger partial charge in [0.2, 0.25) is 5.78 Å². The Hall–Kier alpha value is -1.09. The average molecular weight is 249 g/mol. The summed E-state index contributed by atoms with van der Waals surface area (Å²) >= 11 is 0. The second-order valence-electron chi connectivity index (χ2n) is 6.10. The summed E-state index contributed by atoms with van der Waals surface area (Å²) in [4.78, 5) is 12.0. The second kappa shape index (κ2) is 5.27. The lowest BCUT2D eigenvalue weighted by molar-refractivity contribution is 0.00833. The first-order chi connectivity index (χ1) is 8.48. The Morgan fingerprint density at radius 1 is 1.44 bits per heavy atom. The van der Waals surface area contributed by atoms with E-state index in [2.05, 4.69) is 13.8 Å². The van der Waals surface area contributed by atoms with Crippen LogP contribution in [-0.2, 0) is 11.8 Å². The lowest BCUT2D eigenvalue weighted by Gasteiger charge is -2.34. The van der Waals surface area contributed by atoms with Crippen molar-refractivity contribution in [2.75, 3.05) is 6.61 Å². The van der Waals surface area contributed by atoms with Crippen LogP contribution in [0.3, 0.4) is 0 Å². The summed E-state index contributed by atoms with van der Waals surface area (Å²) in [6.07, 6.45) is 6.69. The Kier molecular flexibility index (Phi) is 3.91. The van der Waals surface area contributed by atoms with Crippen LogP contribution in [0.5, 0.6) is 0 Å². The molecule has 0 aliphatic heterocycles. The maximum absolute atomic E-state index is 12.0. The van der Waals surface area contributed by atoms with E-state index >= 15 is 0 Å². The van der Waals surface area contributed by atoms with Crippen molar-refractivity contribution >= 4 is 5.78 Å². The Bertz CT molecular complexity index is 410. The molecule has 0 radical (unpaired) electrons. The van der Waals surface area contributed by atoms with Crippen molar-refractivity contribution in [1.29, 1.82) is 0 Å². The van der Waals surface area contributed by atoms with Crippen molar-refractivity contribution in [2.45, 2.75) is 45.6 Å². The molecule has 0 bridgehead atoms. The zero-order valence-corrected chi connectivity index (χ0v) is 11.6. The Morgan fingerprint density at radius 3 is 2.67 bits per heavy atom. The number of ether oxygens (including phenoxy) is 1. The van der Waals surface area contributed by atoms with Gasteiger partial charge in [-0.05, 0) is 43.2 Å².